The highest BCUT2D eigenvalue weighted by molar-refractivity contribution is 9.11. The van der Waals surface area contributed by atoms with Crippen LogP contribution in [0.5, 0.6) is 0 Å². The number of rotatable bonds is 3. The predicted molar refractivity (Wildman–Crippen MR) is 83.2 cm³/mol. The standard InChI is InChI=1S/C14H8Br2FNO3/c15-7-1-4-11(16)10(5-7)13(19)18-8-2-3-9(14(20)21)12(17)6-8/h1-6H,(H,18,19)(H,20,21). The van der Waals surface area contributed by atoms with Gasteiger partial charge in [-0.1, -0.05) is 15.9 Å². The lowest BCUT2D eigenvalue weighted by Gasteiger charge is -2.08. The molecule has 2 rings (SSSR count). The number of aromatic carboxylic acids is 1. The second kappa shape index (κ2) is 6.36. The van der Waals surface area contributed by atoms with Crippen molar-refractivity contribution < 1.29 is 19.1 Å². The van der Waals surface area contributed by atoms with Gasteiger partial charge in [0, 0.05) is 14.6 Å². The minimum Gasteiger partial charge on any atom is -0.478 e. The smallest absolute Gasteiger partial charge is 0.338 e. The highest BCUT2D eigenvalue weighted by Gasteiger charge is 2.14. The minimum absolute atomic E-state index is 0.175. The second-order valence-electron chi connectivity index (χ2n) is 4.08. The topological polar surface area (TPSA) is 66.4 Å². The molecule has 0 radical (unpaired) electrons. The van der Waals surface area contributed by atoms with E-state index in [1.807, 2.05) is 0 Å². The van der Waals surface area contributed by atoms with Crippen LogP contribution in [0.3, 0.4) is 0 Å². The zero-order chi connectivity index (χ0) is 15.6. The zero-order valence-electron chi connectivity index (χ0n) is 10.4. The Balaban J connectivity index is 2.26. The van der Waals surface area contributed by atoms with Crippen molar-refractivity contribution in [2.45, 2.75) is 0 Å². The molecule has 0 unspecified atom stereocenters. The first-order valence-electron chi connectivity index (χ1n) is 5.67. The van der Waals surface area contributed by atoms with Gasteiger partial charge in [-0.2, -0.15) is 0 Å². The monoisotopic (exact) mass is 415 g/mol. The maximum Gasteiger partial charge on any atom is 0.338 e. The molecule has 0 saturated carbocycles. The van der Waals surface area contributed by atoms with Crippen LogP contribution in [0.2, 0.25) is 0 Å². The average Bonchev–Trinajstić information content (AvgIpc) is 2.41. The Morgan fingerprint density at radius 2 is 1.76 bits per heavy atom. The van der Waals surface area contributed by atoms with Crippen LogP contribution < -0.4 is 5.32 Å². The van der Waals surface area contributed by atoms with E-state index in [4.69, 9.17) is 5.11 Å². The fourth-order valence-electron chi connectivity index (χ4n) is 1.64. The first-order chi connectivity index (χ1) is 9.88. The van der Waals surface area contributed by atoms with Gasteiger partial charge in [0.1, 0.15) is 5.82 Å². The number of carbonyl (C=O) groups excluding carboxylic acids is 1. The molecule has 0 aliphatic carbocycles. The van der Waals surface area contributed by atoms with Gasteiger partial charge in [0.05, 0.1) is 11.1 Å². The van der Waals surface area contributed by atoms with Gasteiger partial charge in [0.2, 0.25) is 0 Å². The van der Waals surface area contributed by atoms with Gasteiger partial charge < -0.3 is 10.4 Å². The molecular formula is C14H8Br2FNO3. The van der Waals surface area contributed by atoms with Crippen LogP contribution in [0.25, 0.3) is 0 Å². The van der Waals surface area contributed by atoms with E-state index in [2.05, 4.69) is 37.2 Å². The number of halogens is 3. The maximum absolute atomic E-state index is 13.5. The van der Waals surface area contributed by atoms with Crippen molar-refractivity contribution in [3.8, 4) is 0 Å². The fraction of sp³-hybridized carbons (Fsp3) is 0. The number of carboxylic acids is 1. The van der Waals surface area contributed by atoms with E-state index >= 15 is 0 Å². The summed E-state index contributed by atoms with van der Waals surface area (Å²) in [6, 6.07) is 8.48. The lowest BCUT2D eigenvalue weighted by atomic mass is 10.1. The summed E-state index contributed by atoms with van der Waals surface area (Å²) in [5, 5.41) is 11.3. The molecule has 0 aromatic heterocycles. The minimum atomic E-state index is -1.36. The van der Waals surface area contributed by atoms with Crippen LogP contribution in [0.15, 0.2) is 45.3 Å². The highest BCUT2D eigenvalue weighted by Crippen LogP contribution is 2.23. The maximum atomic E-state index is 13.5. The van der Waals surface area contributed by atoms with E-state index in [9.17, 15) is 14.0 Å². The van der Waals surface area contributed by atoms with Crippen molar-refractivity contribution in [1.29, 1.82) is 0 Å². The number of carboxylic acid groups (broad SMARTS) is 1. The zero-order valence-corrected chi connectivity index (χ0v) is 13.5. The molecule has 4 nitrogen and oxygen atoms in total. The number of hydrogen-bond acceptors (Lipinski definition) is 2. The lowest BCUT2D eigenvalue weighted by Crippen LogP contribution is -2.13. The summed E-state index contributed by atoms with van der Waals surface area (Å²) in [5.74, 6) is -2.71. The molecule has 0 aliphatic rings. The molecule has 0 atom stereocenters. The van der Waals surface area contributed by atoms with Crippen LogP contribution in [0.1, 0.15) is 20.7 Å². The van der Waals surface area contributed by atoms with Crippen molar-refractivity contribution in [2.24, 2.45) is 0 Å². The molecule has 1 amide bonds. The molecule has 2 aromatic carbocycles. The average molecular weight is 417 g/mol. The third-order valence-corrected chi connectivity index (χ3v) is 3.82. The molecular weight excluding hydrogens is 409 g/mol. The van der Waals surface area contributed by atoms with Gasteiger partial charge in [-0.3, -0.25) is 4.79 Å². The van der Waals surface area contributed by atoms with E-state index in [1.54, 1.807) is 18.2 Å². The van der Waals surface area contributed by atoms with Crippen LogP contribution >= 0.6 is 31.9 Å². The van der Waals surface area contributed by atoms with E-state index in [0.29, 0.717) is 10.0 Å². The van der Waals surface area contributed by atoms with Crippen LogP contribution in [-0.2, 0) is 0 Å². The normalized spacial score (nSPS) is 10.2. The molecule has 0 spiro atoms. The summed E-state index contributed by atoms with van der Waals surface area (Å²) in [5.41, 5.74) is 0.0955. The summed E-state index contributed by atoms with van der Waals surface area (Å²) >= 11 is 6.52. The Kier molecular flexibility index (Phi) is 4.74. The highest BCUT2D eigenvalue weighted by atomic mass is 79.9. The number of anilines is 1. The van der Waals surface area contributed by atoms with E-state index in [0.717, 1.165) is 16.6 Å². The Labute approximate surface area is 136 Å². The number of benzene rings is 2. The lowest BCUT2D eigenvalue weighted by molar-refractivity contribution is 0.0692. The Hall–Kier alpha value is -1.73. The van der Waals surface area contributed by atoms with Crippen molar-refractivity contribution >= 4 is 49.4 Å². The Morgan fingerprint density at radius 1 is 1.05 bits per heavy atom. The number of amides is 1. The third kappa shape index (κ3) is 3.68. The molecule has 0 saturated heterocycles. The molecule has 7 heteroatoms. The molecule has 108 valence electrons. The van der Waals surface area contributed by atoms with Crippen LogP contribution in [0, 0.1) is 5.82 Å². The molecule has 21 heavy (non-hydrogen) atoms. The van der Waals surface area contributed by atoms with Gasteiger partial charge in [-0.25, -0.2) is 9.18 Å². The molecule has 0 bridgehead atoms. The largest absolute Gasteiger partial charge is 0.478 e. The van der Waals surface area contributed by atoms with Crippen molar-refractivity contribution in [3.63, 3.8) is 0 Å². The molecule has 0 aliphatic heterocycles. The summed E-state index contributed by atoms with van der Waals surface area (Å²) < 4.78 is 14.9. The summed E-state index contributed by atoms with van der Waals surface area (Å²) in [7, 11) is 0. The van der Waals surface area contributed by atoms with Crippen molar-refractivity contribution in [1.82, 2.24) is 0 Å². The number of nitrogens with one attached hydrogen (secondary N) is 1. The summed E-state index contributed by atoms with van der Waals surface area (Å²) in [6.45, 7) is 0. The van der Waals surface area contributed by atoms with Crippen LogP contribution in [0.4, 0.5) is 10.1 Å². The number of hydrogen-bond donors (Lipinski definition) is 2. The van der Waals surface area contributed by atoms with E-state index in [1.165, 1.54) is 6.07 Å². The SMILES string of the molecule is O=C(O)c1ccc(NC(=O)c2cc(Br)ccc2Br)cc1F. The quantitative estimate of drug-likeness (QED) is 0.783. The van der Waals surface area contributed by atoms with Gasteiger partial charge in [0.25, 0.3) is 5.91 Å². The number of carbonyl (C=O) groups is 2. The van der Waals surface area contributed by atoms with Gasteiger partial charge >= 0.3 is 5.97 Å². The van der Waals surface area contributed by atoms with Crippen molar-refractivity contribution in [2.75, 3.05) is 5.32 Å². The summed E-state index contributed by atoms with van der Waals surface area (Å²) in [6.07, 6.45) is 0. The molecule has 0 heterocycles. The molecule has 0 fully saturated rings. The Bertz CT molecular complexity index is 734. The van der Waals surface area contributed by atoms with Crippen LogP contribution in [-0.4, -0.2) is 17.0 Å². The first kappa shape index (κ1) is 15.7. The van der Waals surface area contributed by atoms with Gasteiger partial charge in [0.15, 0.2) is 0 Å². The second-order valence-corrected chi connectivity index (χ2v) is 5.85. The predicted octanol–water partition coefficient (Wildman–Crippen LogP) is 4.30. The summed E-state index contributed by atoms with van der Waals surface area (Å²) in [4.78, 5) is 22.8. The Morgan fingerprint density at radius 3 is 2.38 bits per heavy atom. The molecule has 2 aromatic rings. The fourth-order valence-corrected chi connectivity index (χ4v) is 2.42. The van der Waals surface area contributed by atoms with E-state index < -0.39 is 23.3 Å². The third-order valence-electron chi connectivity index (χ3n) is 2.63. The van der Waals surface area contributed by atoms with Gasteiger partial charge in [-0.15, -0.1) is 0 Å². The molecule has 2 N–H and O–H groups in total. The van der Waals surface area contributed by atoms with E-state index in [-0.39, 0.29) is 5.69 Å². The first-order valence-corrected chi connectivity index (χ1v) is 7.26. The van der Waals surface area contributed by atoms with Crippen molar-refractivity contribution in [3.05, 3.63) is 62.3 Å². The van der Waals surface area contributed by atoms with Gasteiger partial charge in [-0.05, 0) is 52.3 Å².